The standard InChI is InChI=1S/C7H6Br2F2N2/c8-2-5-4(12)1-3(9)6(13-5)7(10)11/h1,7H,2,12H2. The molecule has 6 heteroatoms. The van der Waals surface area contributed by atoms with Crippen molar-refractivity contribution in [2.75, 3.05) is 5.73 Å². The number of anilines is 1. The van der Waals surface area contributed by atoms with Gasteiger partial charge in [0.1, 0.15) is 5.69 Å². The van der Waals surface area contributed by atoms with Gasteiger partial charge in [-0.05, 0) is 22.0 Å². The van der Waals surface area contributed by atoms with Crippen LogP contribution in [0.1, 0.15) is 17.8 Å². The molecule has 0 fully saturated rings. The summed E-state index contributed by atoms with van der Waals surface area (Å²) >= 11 is 6.09. The highest BCUT2D eigenvalue weighted by atomic mass is 79.9. The smallest absolute Gasteiger partial charge is 0.281 e. The average Bonchev–Trinajstić information content (AvgIpc) is 2.03. The van der Waals surface area contributed by atoms with Gasteiger partial charge in [-0.15, -0.1) is 0 Å². The Morgan fingerprint density at radius 1 is 1.54 bits per heavy atom. The number of aromatic nitrogens is 1. The van der Waals surface area contributed by atoms with Crippen LogP contribution in [0, 0.1) is 0 Å². The number of nitrogen functional groups attached to an aromatic ring is 1. The van der Waals surface area contributed by atoms with Crippen molar-refractivity contribution in [3.63, 3.8) is 0 Å². The quantitative estimate of drug-likeness (QED) is 0.851. The van der Waals surface area contributed by atoms with E-state index in [0.29, 0.717) is 16.7 Å². The van der Waals surface area contributed by atoms with E-state index in [4.69, 9.17) is 5.73 Å². The number of rotatable bonds is 2. The van der Waals surface area contributed by atoms with Gasteiger partial charge in [0.15, 0.2) is 0 Å². The Morgan fingerprint density at radius 2 is 2.15 bits per heavy atom. The number of halogens is 4. The molecule has 0 atom stereocenters. The van der Waals surface area contributed by atoms with E-state index in [-0.39, 0.29) is 10.2 Å². The molecule has 0 aliphatic carbocycles. The Kier molecular flexibility index (Phi) is 3.61. The predicted molar refractivity (Wildman–Crippen MR) is 53.9 cm³/mol. The highest BCUT2D eigenvalue weighted by Crippen LogP contribution is 2.29. The molecule has 0 unspecified atom stereocenters. The lowest BCUT2D eigenvalue weighted by molar-refractivity contribution is 0.145. The van der Waals surface area contributed by atoms with Crippen LogP contribution in [0.3, 0.4) is 0 Å². The molecule has 0 amide bonds. The van der Waals surface area contributed by atoms with Gasteiger partial charge in [-0.1, -0.05) is 15.9 Å². The molecule has 1 aromatic rings. The molecule has 2 N–H and O–H groups in total. The second-order valence-electron chi connectivity index (χ2n) is 2.33. The SMILES string of the molecule is Nc1cc(Br)c(C(F)F)nc1CBr. The first-order valence-corrected chi connectivity index (χ1v) is 5.26. The van der Waals surface area contributed by atoms with Gasteiger partial charge in [-0.25, -0.2) is 13.8 Å². The summed E-state index contributed by atoms with van der Waals surface area (Å²) in [4.78, 5) is 3.72. The number of hydrogen-bond donors (Lipinski definition) is 1. The van der Waals surface area contributed by atoms with E-state index in [1.54, 1.807) is 0 Å². The molecule has 0 bridgehead atoms. The lowest BCUT2D eigenvalue weighted by Crippen LogP contribution is -2.01. The van der Waals surface area contributed by atoms with Gasteiger partial charge >= 0.3 is 0 Å². The number of nitrogens with two attached hydrogens (primary N) is 1. The zero-order valence-corrected chi connectivity index (χ0v) is 9.57. The monoisotopic (exact) mass is 314 g/mol. The Bertz CT molecular complexity index is 318. The molecule has 13 heavy (non-hydrogen) atoms. The number of pyridine rings is 1. The van der Waals surface area contributed by atoms with Crippen LogP contribution in [0.2, 0.25) is 0 Å². The fourth-order valence-electron chi connectivity index (χ4n) is 0.817. The summed E-state index contributed by atoms with van der Waals surface area (Å²) in [6.07, 6.45) is -2.59. The summed E-state index contributed by atoms with van der Waals surface area (Å²) in [5.74, 6) is 0. The summed E-state index contributed by atoms with van der Waals surface area (Å²) in [7, 11) is 0. The first-order valence-electron chi connectivity index (χ1n) is 3.35. The first kappa shape index (κ1) is 10.8. The van der Waals surface area contributed by atoms with E-state index < -0.39 is 6.43 Å². The summed E-state index contributed by atoms with van der Waals surface area (Å²) in [5, 5.41) is 0.367. The van der Waals surface area contributed by atoms with E-state index in [1.165, 1.54) is 6.07 Å². The number of hydrogen-bond acceptors (Lipinski definition) is 2. The molecule has 0 aromatic carbocycles. The summed E-state index contributed by atoms with van der Waals surface area (Å²) in [5.41, 5.74) is 6.08. The van der Waals surface area contributed by atoms with Crippen molar-refractivity contribution >= 4 is 37.5 Å². The second-order valence-corrected chi connectivity index (χ2v) is 3.74. The zero-order valence-electron chi connectivity index (χ0n) is 6.40. The van der Waals surface area contributed by atoms with Crippen molar-refractivity contribution in [2.24, 2.45) is 0 Å². The van der Waals surface area contributed by atoms with Crippen molar-refractivity contribution in [1.29, 1.82) is 0 Å². The van der Waals surface area contributed by atoms with Crippen LogP contribution in [0.25, 0.3) is 0 Å². The normalized spacial score (nSPS) is 10.8. The Balaban J connectivity index is 3.22. The fourth-order valence-corrected chi connectivity index (χ4v) is 1.77. The van der Waals surface area contributed by atoms with Crippen molar-refractivity contribution in [1.82, 2.24) is 4.98 Å². The molecular weight excluding hydrogens is 310 g/mol. The van der Waals surface area contributed by atoms with E-state index in [0.717, 1.165) is 0 Å². The van der Waals surface area contributed by atoms with Gasteiger partial charge in [-0.3, -0.25) is 0 Å². The predicted octanol–water partition coefficient (Wildman–Crippen LogP) is 3.26. The van der Waals surface area contributed by atoms with Crippen molar-refractivity contribution < 1.29 is 8.78 Å². The van der Waals surface area contributed by atoms with Gasteiger partial charge in [-0.2, -0.15) is 0 Å². The molecule has 0 saturated heterocycles. The molecular formula is C7H6Br2F2N2. The molecule has 0 radical (unpaired) electrons. The van der Waals surface area contributed by atoms with Gasteiger partial charge in [0.25, 0.3) is 6.43 Å². The number of alkyl halides is 3. The van der Waals surface area contributed by atoms with Gasteiger partial charge in [0, 0.05) is 9.80 Å². The van der Waals surface area contributed by atoms with Crippen molar-refractivity contribution in [3.8, 4) is 0 Å². The summed E-state index contributed by atoms with van der Waals surface area (Å²) in [6, 6.07) is 1.44. The minimum absolute atomic E-state index is 0.240. The zero-order chi connectivity index (χ0) is 10.0. The molecule has 72 valence electrons. The third-order valence-corrected chi connectivity index (χ3v) is 2.62. The summed E-state index contributed by atoms with van der Waals surface area (Å²) < 4.78 is 24.9. The average molecular weight is 316 g/mol. The highest BCUT2D eigenvalue weighted by molar-refractivity contribution is 9.10. The van der Waals surface area contributed by atoms with Crippen LogP contribution in [0.4, 0.5) is 14.5 Å². The van der Waals surface area contributed by atoms with Crippen molar-refractivity contribution in [2.45, 2.75) is 11.8 Å². The highest BCUT2D eigenvalue weighted by Gasteiger charge is 2.15. The van der Waals surface area contributed by atoms with E-state index in [9.17, 15) is 8.78 Å². The van der Waals surface area contributed by atoms with Crippen molar-refractivity contribution in [3.05, 3.63) is 21.9 Å². The Hall–Kier alpha value is -0.230. The van der Waals surface area contributed by atoms with E-state index in [1.807, 2.05) is 0 Å². The van der Waals surface area contributed by atoms with Crippen LogP contribution in [-0.2, 0) is 5.33 Å². The largest absolute Gasteiger partial charge is 0.397 e. The Morgan fingerprint density at radius 3 is 2.62 bits per heavy atom. The lowest BCUT2D eigenvalue weighted by Gasteiger charge is -2.07. The van der Waals surface area contributed by atoms with E-state index >= 15 is 0 Å². The minimum Gasteiger partial charge on any atom is -0.397 e. The van der Waals surface area contributed by atoms with Gasteiger partial charge in [0.05, 0.1) is 11.4 Å². The second kappa shape index (κ2) is 4.32. The molecule has 0 spiro atoms. The molecule has 1 rings (SSSR count). The van der Waals surface area contributed by atoms with Gasteiger partial charge < -0.3 is 5.73 Å². The minimum atomic E-state index is -2.59. The third-order valence-electron chi connectivity index (χ3n) is 1.45. The molecule has 2 nitrogen and oxygen atoms in total. The molecule has 1 heterocycles. The topological polar surface area (TPSA) is 38.9 Å². The third kappa shape index (κ3) is 2.37. The molecule has 0 saturated carbocycles. The molecule has 0 aliphatic heterocycles. The van der Waals surface area contributed by atoms with Crippen LogP contribution in [0.15, 0.2) is 10.5 Å². The van der Waals surface area contributed by atoms with E-state index in [2.05, 4.69) is 36.8 Å². The maximum Gasteiger partial charge on any atom is 0.281 e. The Labute approximate surface area is 90.8 Å². The maximum absolute atomic E-state index is 12.3. The lowest BCUT2D eigenvalue weighted by atomic mass is 10.3. The van der Waals surface area contributed by atoms with Crippen LogP contribution in [0.5, 0.6) is 0 Å². The van der Waals surface area contributed by atoms with Gasteiger partial charge in [0.2, 0.25) is 0 Å². The first-order chi connectivity index (χ1) is 6.06. The van der Waals surface area contributed by atoms with Crippen LogP contribution < -0.4 is 5.73 Å². The maximum atomic E-state index is 12.3. The summed E-state index contributed by atoms with van der Waals surface area (Å²) in [6.45, 7) is 0. The van der Waals surface area contributed by atoms with Crippen LogP contribution in [-0.4, -0.2) is 4.98 Å². The molecule has 1 aromatic heterocycles. The van der Waals surface area contributed by atoms with Crippen LogP contribution >= 0.6 is 31.9 Å². The fraction of sp³-hybridized carbons (Fsp3) is 0.286. The number of nitrogens with zero attached hydrogens (tertiary/aromatic N) is 1. The molecule has 0 aliphatic rings.